The molecule has 0 radical (unpaired) electrons. The van der Waals surface area contributed by atoms with Crippen molar-refractivity contribution in [1.29, 1.82) is 0 Å². The number of hydrogen-bond donors (Lipinski definition) is 2. The molecular weight excluding hydrogens is 428 g/mol. The van der Waals surface area contributed by atoms with E-state index in [0.717, 1.165) is 37.1 Å². The van der Waals surface area contributed by atoms with Crippen molar-refractivity contribution in [2.45, 2.75) is 127 Å². The highest BCUT2D eigenvalue weighted by Gasteiger charge is 2.45. The van der Waals surface area contributed by atoms with Gasteiger partial charge in [0.1, 0.15) is 0 Å². The highest BCUT2D eigenvalue weighted by atomic mass is 16.5. The Morgan fingerprint density at radius 3 is 1.26 bits per heavy atom. The van der Waals surface area contributed by atoms with Crippen molar-refractivity contribution in [3.63, 3.8) is 0 Å². The maximum absolute atomic E-state index is 7.61. The van der Waals surface area contributed by atoms with Gasteiger partial charge in [0.15, 0.2) is 0 Å². The largest absolute Gasteiger partial charge is 0.399 e. The van der Waals surface area contributed by atoms with Gasteiger partial charge in [0.25, 0.3) is 0 Å². The minimum atomic E-state index is -0.00292. The summed E-state index contributed by atoms with van der Waals surface area (Å²) >= 11 is 0. The third-order valence-electron chi connectivity index (χ3n) is 9.00. The summed E-state index contributed by atoms with van der Waals surface area (Å²) in [6.07, 6.45) is 17.3. The van der Waals surface area contributed by atoms with Crippen molar-refractivity contribution in [1.82, 2.24) is 0 Å². The van der Waals surface area contributed by atoms with Gasteiger partial charge in [-0.3, -0.25) is 0 Å². The molecule has 3 heteroatoms. The molecule has 0 spiro atoms. The first kappa shape index (κ1) is 26.1. The van der Waals surface area contributed by atoms with Gasteiger partial charge in [-0.15, -0.1) is 0 Å². The molecular formula is C32H48N2O. The van der Waals surface area contributed by atoms with Gasteiger partial charge >= 0.3 is 0 Å². The quantitative estimate of drug-likeness (QED) is 0.337. The third kappa shape index (κ3) is 6.61. The van der Waals surface area contributed by atoms with Crippen LogP contribution in [0.15, 0.2) is 48.5 Å². The molecule has 2 unspecified atom stereocenters. The zero-order valence-electron chi connectivity index (χ0n) is 22.2. The Hall–Kier alpha value is -2.00. The Morgan fingerprint density at radius 2 is 0.943 bits per heavy atom. The molecule has 2 fully saturated rings. The summed E-state index contributed by atoms with van der Waals surface area (Å²) < 4.78 is 7.61. The molecule has 0 saturated heterocycles. The summed E-state index contributed by atoms with van der Waals surface area (Å²) in [6, 6.07) is 17.2. The summed E-state index contributed by atoms with van der Waals surface area (Å²) in [6.45, 7) is 4.67. The van der Waals surface area contributed by atoms with Crippen LogP contribution in [0.4, 0.5) is 11.4 Å². The molecule has 2 aromatic carbocycles. The van der Waals surface area contributed by atoms with Gasteiger partial charge in [-0.05, 0) is 98.6 Å². The molecule has 4 rings (SSSR count). The van der Waals surface area contributed by atoms with Crippen LogP contribution in [-0.4, -0.2) is 11.2 Å². The molecule has 35 heavy (non-hydrogen) atoms. The van der Waals surface area contributed by atoms with E-state index < -0.39 is 0 Å². The number of nitrogens with two attached hydrogens (primary N) is 2. The van der Waals surface area contributed by atoms with Crippen molar-refractivity contribution in [3.8, 4) is 0 Å². The van der Waals surface area contributed by atoms with Crippen LogP contribution in [0.3, 0.4) is 0 Å². The van der Waals surface area contributed by atoms with Gasteiger partial charge < -0.3 is 16.2 Å². The normalized spacial score (nSPS) is 21.3. The Morgan fingerprint density at radius 1 is 0.600 bits per heavy atom. The summed E-state index contributed by atoms with van der Waals surface area (Å²) in [5.74, 6) is 1.04. The first-order chi connectivity index (χ1) is 17.0. The fraction of sp³-hybridized carbons (Fsp3) is 0.625. The molecule has 2 saturated carbocycles. The number of nitrogen functional groups attached to an aromatic ring is 2. The molecule has 0 aromatic heterocycles. The summed E-state index contributed by atoms with van der Waals surface area (Å²) in [5.41, 5.74) is 16.5. The average Bonchev–Trinajstić information content (AvgIpc) is 2.88. The van der Waals surface area contributed by atoms with Crippen LogP contribution in [0.5, 0.6) is 0 Å². The molecule has 4 N–H and O–H groups in total. The van der Waals surface area contributed by atoms with E-state index in [1.165, 1.54) is 75.3 Å². The van der Waals surface area contributed by atoms with Gasteiger partial charge in [0, 0.05) is 11.4 Å². The topological polar surface area (TPSA) is 61.3 Å². The lowest BCUT2D eigenvalue weighted by molar-refractivity contribution is -0.195. The van der Waals surface area contributed by atoms with Gasteiger partial charge in [-0.1, -0.05) is 76.6 Å². The monoisotopic (exact) mass is 476 g/mol. The van der Waals surface area contributed by atoms with Crippen LogP contribution in [-0.2, 0) is 4.74 Å². The number of hydrogen-bond acceptors (Lipinski definition) is 3. The van der Waals surface area contributed by atoms with Gasteiger partial charge in [-0.2, -0.15) is 0 Å². The smallest absolute Gasteiger partial charge is 0.0696 e. The summed E-state index contributed by atoms with van der Waals surface area (Å²) in [5, 5.41) is 0. The van der Waals surface area contributed by atoms with Crippen molar-refractivity contribution in [3.05, 3.63) is 59.7 Å². The molecule has 2 aliphatic carbocycles. The molecule has 2 atom stereocenters. The molecule has 3 nitrogen and oxygen atoms in total. The van der Waals surface area contributed by atoms with E-state index in [9.17, 15) is 0 Å². The lowest BCUT2D eigenvalue weighted by atomic mass is 9.72. The van der Waals surface area contributed by atoms with Gasteiger partial charge in [0.05, 0.1) is 11.2 Å². The summed E-state index contributed by atoms with van der Waals surface area (Å²) in [4.78, 5) is 0. The molecule has 2 aliphatic rings. The van der Waals surface area contributed by atoms with Crippen molar-refractivity contribution in [2.24, 2.45) is 0 Å². The minimum absolute atomic E-state index is 0.00292. The lowest BCUT2D eigenvalue weighted by Gasteiger charge is -2.50. The Balaban J connectivity index is 1.60. The van der Waals surface area contributed by atoms with Crippen molar-refractivity contribution >= 4 is 11.4 Å². The van der Waals surface area contributed by atoms with Crippen molar-refractivity contribution < 1.29 is 4.74 Å². The Bertz CT molecular complexity index is 817. The van der Waals surface area contributed by atoms with E-state index >= 15 is 0 Å². The van der Waals surface area contributed by atoms with E-state index in [2.05, 4.69) is 62.4 Å². The Kier molecular flexibility index (Phi) is 8.81. The zero-order chi connectivity index (χ0) is 24.7. The van der Waals surface area contributed by atoms with E-state index in [-0.39, 0.29) is 11.2 Å². The maximum Gasteiger partial charge on any atom is 0.0696 e. The van der Waals surface area contributed by atoms with E-state index in [1.807, 2.05) is 0 Å². The Labute approximate surface area is 214 Å². The second kappa shape index (κ2) is 11.8. The number of benzene rings is 2. The highest BCUT2D eigenvalue weighted by Crippen LogP contribution is 2.49. The zero-order valence-corrected chi connectivity index (χ0v) is 22.2. The first-order valence-electron chi connectivity index (χ1n) is 14.4. The second-order valence-corrected chi connectivity index (χ2v) is 11.5. The predicted octanol–water partition coefficient (Wildman–Crippen LogP) is 8.74. The predicted molar refractivity (Wildman–Crippen MR) is 150 cm³/mol. The molecule has 0 heterocycles. The second-order valence-electron chi connectivity index (χ2n) is 11.5. The lowest BCUT2D eigenvalue weighted by Crippen LogP contribution is -2.48. The number of anilines is 2. The van der Waals surface area contributed by atoms with E-state index in [1.54, 1.807) is 0 Å². The SMILES string of the molecule is CCC(CC1(OC2(CC(CC)c3ccc(N)cc3)CCCCC2)CCCCC1)c1ccc(N)cc1. The van der Waals surface area contributed by atoms with E-state index in [0.29, 0.717) is 11.8 Å². The van der Waals surface area contributed by atoms with Gasteiger partial charge in [0.2, 0.25) is 0 Å². The highest BCUT2D eigenvalue weighted by molar-refractivity contribution is 5.41. The standard InChI is InChI=1S/C32H48N2O/c1-3-25(27-11-15-29(33)16-12-27)23-31(19-7-5-8-20-31)35-32(21-9-6-10-22-32)24-26(4-2)28-13-17-30(34)18-14-28/h11-18,25-26H,3-10,19-24,33-34H2,1-2H3. The fourth-order valence-corrected chi connectivity index (χ4v) is 6.98. The molecule has 2 aromatic rings. The van der Waals surface area contributed by atoms with Crippen LogP contribution in [0.1, 0.15) is 127 Å². The van der Waals surface area contributed by atoms with E-state index in [4.69, 9.17) is 16.2 Å². The van der Waals surface area contributed by atoms with Crippen LogP contribution >= 0.6 is 0 Å². The van der Waals surface area contributed by atoms with Crippen LogP contribution in [0, 0.1) is 0 Å². The molecule has 0 amide bonds. The number of rotatable bonds is 10. The van der Waals surface area contributed by atoms with Crippen molar-refractivity contribution in [2.75, 3.05) is 11.5 Å². The first-order valence-corrected chi connectivity index (χ1v) is 14.4. The molecule has 192 valence electrons. The van der Waals surface area contributed by atoms with Crippen LogP contribution < -0.4 is 11.5 Å². The maximum atomic E-state index is 7.61. The molecule has 0 aliphatic heterocycles. The van der Waals surface area contributed by atoms with Crippen LogP contribution in [0.2, 0.25) is 0 Å². The summed E-state index contributed by atoms with van der Waals surface area (Å²) in [7, 11) is 0. The van der Waals surface area contributed by atoms with Crippen LogP contribution in [0.25, 0.3) is 0 Å². The molecule has 0 bridgehead atoms. The third-order valence-corrected chi connectivity index (χ3v) is 9.00. The minimum Gasteiger partial charge on any atom is -0.399 e. The average molecular weight is 477 g/mol. The van der Waals surface area contributed by atoms with Gasteiger partial charge in [-0.25, -0.2) is 0 Å². The fourth-order valence-electron chi connectivity index (χ4n) is 6.98. The number of ether oxygens (including phenoxy) is 1.